The van der Waals surface area contributed by atoms with Crippen LogP contribution in [0.25, 0.3) is 10.9 Å². The van der Waals surface area contributed by atoms with Gasteiger partial charge in [0.25, 0.3) is 0 Å². The van der Waals surface area contributed by atoms with Crippen LogP contribution in [0.1, 0.15) is 51.5 Å². The molecular formula is C17H21IN2O2. The molecule has 1 N–H and O–H groups in total. The first kappa shape index (κ1) is 14.8. The number of rotatable bonds is 3. The Morgan fingerprint density at radius 2 is 2.18 bits per heavy atom. The second-order valence-corrected chi connectivity index (χ2v) is 8.18. The molecule has 118 valence electrons. The Labute approximate surface area is 144 Å². The predicted molar refractivity (Wildman–Crippen MR) is 94.2 cm³/mol. The molecule has 0 saturated heterocycles. The van der Waals surface area contributed by atoms with Gasteiger partial charge in [-0.3, -0.25) is 4.68 Å². The maximum Gasteiger partial charge on any atom is 0.135 e. The summed E-state index contributed by atoms with van der Waals surface area (Å²) in [7, 11) is 0. The third-order valence-electron chi connectivity index (χ3n) is 4.70. The third kappa shape index (κ3) is 2.97. The summed E-state index contributed by atoms with van der Waals surface area (Å²) in [5.74, 6) is 0.955. The molecular weight excluding hydrogens is 391 g/mol. The first-order valence-electron chi connectivity index (χ1n) is 8.08. The van der Waals surface area contributed by atoms with E-state index in [1.54, 1.807) is 0 Å². The number of nitrogens with zero attached hydrogens (tertiary/aromatic N) is 2. The van der Waals surface area contributed by atoms with E-state index < -0.39 is 5.60 Å². The van der Waals surface area contributed by atoms with Crippen LogP contribution in [0, 0.1) is 3.57 Å². The molecule has 2 aliphatic rings. The highest BCUT2D eigenvalue weighted by molar-refractivity contribution is 14.1. The van der Waals surface area contributed by atoms with Gasteiger partial charge in [0.2, 0.25) is 0 Å². The molecule has 4 rings (SSSR count). The van der Waals surface area contributed by atoms with Crippen molar-refractivity contribution >= 4 is 33.5 Å². The number of hydrogen-bond acceptors (Lipinski definition) is 3. The summed E-state index contributed by atoms with van der Waals surface area (Å²) < 4.78 is 9.15. The minimum Gasteiger partial charge on any atom is -0.489 e. The Balaban J connectivity index is 1.65. The van der Waals surface area contributed by atoms with Gasteiger partial charge in [-0.05, 0) is 74.1 Å². The highest BCUT2D eigenvalue weighted by Gasteiger charge is 2.31. The van der Waals surface area contributed by atoms with Crippen LogP contribution in [-0.2, 0) is 0 Å². The van der Waals surface area contributed by atoms with E-state index in [9.17, 15) is 5.11 Å². The number of benzene rings is 1. The van der Waals surface area contributed by atoms with E-state index in [4.69, 9.17) is 9.84 Å². The van der Waals surface area contributed by atoms with Gasteiger partial charge in [0.1, 0.15) is 5.75 Å². The van der Waals surface area contributed by atoms with Gasteiger partial charge in [-0.15, -0.1) is 0 Å². The summed E-state index contributed by atoms with van der Waals surface area (Å²) in [6.45, 7) is 1.94. The zero-order chi connectivity index (χ0) is 15.3. The molecule has 1 aromatic carbocycles. The van der Waals surface area contributed by atoms with Crippen LogP contribution >= 0.6 is 22.6 Å². The fraction of sp³-hybridized carbons (Fsp3) is 0.588. The predicted octanol–water partition coefficient (Wildman–Crippen LogP) is 4.05. The van der Waals surface area contributed by atoms with Gasteiger partial charge in [0.05, 0.1) is 26.8 Å². The topological polar surface area (TPSA) is 47.3 Å². The van der Waals surface area contributed by atoms with Crippen molar-refractivity contribution in [2.24, 2.45) is 0 Å². The van der Waals surface area contributed by atoms with Crippen LogP contribution < -0.4 is 4.74 Å². The van der Waals surface area contributed by atoms with Gasteiger partial charge in [0, 0.05) is 17.6 Å². The van der Waals surface area contributed by atoms with E-state index in [0.29, 0.717) is 12.1 Å². The van der Waals surface area contributed by atoms with Crippen molar-refractivity contribution in [1.29, 1.82) is 0 Å². The zero-order valence-electron chi connectivity index (χ0n) is 12.8. The third-order valence-corrected chi connectivity index (χ3v) is 5.54. The minimum atomic E-state index is -0.560. The Kier molecular flexibility index (Phi) is 3.60. The molecule has 1 heterocycles. The monoisotopic (exact) mass is 412 g/mol. The smallest absolute Gasteiger partial charge is 0.135 e. The first-order chi connectivity index (χ1) is 10.5. The van der Waals surface area contributed by atoms with E-state index in [2.05, 4.69) is 45.6 Å². The Hall–Kier alpha value is -0.820. The van der Waals surface area contributed by atoms with Crippen LogP contribution in [0.2, 0.25) is 0 Å². The maximum absolute atomic E-state index is 10.3. The van der Waals surface area contributed by atoms with Crippen LogP contribution in [0.15, 0.2) is 18.3 Å². The molecule has 0 spiro atoms. The molecule has 22 heavy (non-hydrogen) atoms. The first-order valence-corrected chi connectivity index (χ1v) is 9.15. The highest BCUT2D eigenvalue weighted by Crippen LogP contribution is 2.37. The van der Waals surface area contributed by atoms with E-state index in [-0.39, 0.29) is 0 Å². The van der Waals surface area contributed by atoms with Crippen LogP contribution in [0.3, 0.4) is 0 Å². The van der Waals surface area contributed by atoms with E-state index in [1.165, 1.54) is 12.8 Å². The molecule has 1 aromatic heterocycles. The summed E-state index contributed by atoms with van der Waals surface area (Å²) in [6, 6.07) is 4.51. The van der Waals surface area contributed by atoms with Gasteiger partial charge in [-0.25, -0.2) is 0 Å². The summed E-state index contributed by atoms with van der Waals surface area (Å²) in [5.41, 5.74) is 0.427. The normalized spacial score (nSPS) is 29.0. The fourth-order valence-corrected chi connectivity index (χ4v) is 3.96. The number of ether oxygens (including phenoxy) is 1. The molecule has 2 atom stereocenters. The summed E-state index contributed by atoms with van der Waals surface area (Å²) in [4.78, 5) is 0. The molecule has 0 bridgehead atoms. The van der Waals surface area contributed by atoms with Crippen LogP contribution in [0.4, 0.5) is 0 Å². The largest absolute Gasteiger partial charge is 0.489 e. The van der Waals surface area contributed by atoms with Crippen molar-refractivity contribution in [3.05, 3.63) is 21.9 Å². The minimum absolute atomic E-state index is 0.293. The Bertz CT molecular complexity index is 706. The number of aliphatic hydroxyl groups is 1. The van der Waals surface area contributed by atoms with E-state index in [0.717, 1.165) is 45.9 Å². The average molecular weight is 412 g/mol. The lowest BCUT2D eigenvalue weighted by molar-refractivity contribution is 0.00192. The maximum atomic E-state index is 10.3. The molecule has 0 amide bonds. The van der Waals surface area contributed by atoms with E-state index >= 15 is 0 Å². The Morgan fingerprint density at radius 3 is 2.91 bits per heavy atom. The van der Waals surface area contributed by atoms with E-state index in [1.807, 2.05) is 6.92 Å². The summed E-state index contributed by atoms with van der Waals surface area (Å²) in [5, 5.41) is 16.2. The lowest BCUT2D eigenvalue weighted by Gasteiger charge is -2.33. The zero-order valence-corrected chi connectivity index (χ0v) is 14.9. The number of hydrogen-bond donors (Lipinski definition) is 1. The van der Waals surface area contributed by atoms with Crippen LogP contribution in [-0.4, -0.2) is 26.6 Å². The van der Waals surface area contributed by atoms with Gasteiger partial charge >= 0.3 is 0 Å². The van der Waals surface area contributed by atoms with Gasteiger partial charge < -0.3 is 9.84 Å². The van der Waals surface area contributed by atoms with Crippen LogP contribution in [0.5, 0.6) is 5.75 Å². The van der Waals surface area contributed by atoms with Crippen molar-refractivity contribution in [2.45, 2.75) is 63.2 Å². The number of halogens is 1. The van der Waals surface area contributed by atoms with Crippen molar-refractivity contribution in [2.75, 3.05) is 0 Å². The number of fused-ring (bicyclic) bond motifs is 1. The molecule has 4 nitrogen and oxygen atoms in total. The molecule has 2 saturated carbocycles. The molecule has 0 aliphatic heterocycles. The summed E-state index contributed by atoms with van der Waals surface area (Å²) >= 11 is 2.34. The van der Waals surface area contributed by atoms with Crippen molar-refractivity contribution < 1.29 is 9.84 Å². The quantitative estimate of drug-likeness (QED) is 0.774. The lowest BCUT2D eigenvalue weighted by atomic mass is 9.83. The molecule has 0 radical (unpaired) electrons. The summed E-state index contributed by atoms with van der Waals surface area (Å²) in [6.07, 6.45) is 8.67. The SMILES string of the molecule is CC1(O)CCCC(n2cc3cc(I)c(OC4CC4)cc3n2)C1. The van der Waals surface area contributed by atoms with Crippen molar-refractivity contribution in [3.8, 4) is 5.75 Å². The molecule has 2 aliphatic carbocycles. The molecule has 2 fully saturated rings. The van der Waals surface area contributed by atoms with Crippen molar-refractivity contribution in [1.82, 2.24) is 9.78 Å². The second-order valence-electron chi connectivity index (χ2n) is 7.01. The lowest BCUT2D eigenvalue weighted by Crippen LogP contribution is -2.33. The second kappa shape index (κ2) is 5.37. The molecule has 2 aromatic rings. The standard InChI is InChI=1S/C17H21IN2O2/c1-17(21)6-2-3-12(9-17)20-10-11-7-14(18)16(8-15(11)19-20)22-13-4-5-13/h7-8,10,12-13,21H,2-6,9H2,1H3. The fourth-order valence-electron chi connectivity index (χ4n) is 3.34. The van der Waals surface area contributed by atoms with Crippen molar-refractivity contribution in [3.63, 3.8) is 0 Å². The highest BCUT2D eigenvalue weighted by atomic mass is 127. The number of aromatic nitrogens is 2. The Morgan fingerprint density at radius 1 is 1.36 bits per heavy atom. The molecule has 5 heteroatoms. The van der Waals surface area contributed by atoms with Gasteiger partial charge in [-0.2, -0.15) is 5.10 Å². The molecule has 2 unspecified atom stereocenters. The van der Waals surface area contributed by atoms with Gasteiger partial charge in [-0.1, -0.05) is 0 Å². The average Bonchev–Trinajstić information content (AvgIpc) is 3.16. The van der Waals surface area contributed by atoms with Gasteiger partial charge in [0.15, 0.2) is 0 Å².